The third-order valence-corrected chi connectivity index (χ3v) is 5.55. The van der Waals surface area contributed by atoms with E-state index in [0.717, 1.165) is 25.2 Å². The molecular weight excluding hydrogens is 397 g/mol. The van der Waals surface area contributed by atoms with Crippen molar-refractivity contribution in [2.45, 2.75) is 32.0 Å². The van der Waals surface area contributed by atoms with Crippen LogP contribution in [0.1, 0.15) is 29.3 Å². The van der Waals surface area contributed by atoms with Crippen LogP contribution in [0.2, 0.25) is 5.02 Å². The molecule has 2 atom stereocenters. The predicted molar refractivity (Wildman–Crippen MR) is 117 cm³/mol. The number of nitrogens with one attached hydrogen (secondary N) is 2. The summed E-state index contributed by atoms with van der Waals surface area (Å²) in [6.07, 6.45) is 0.921. The number of amides is 1. The molecule has 3 rings (SSSR count). The number of carbonyl (C=O) groups is 1. The quantitative estimate of drug-likeness (QED) is 0.730. The van der Waals surface area contributed by atoms with E-state index in [0.29, 0.717) is 16.3 Å². The Morgan fingerprint density at radius 2 is 2.00 bits per heavy atom. The summed E-state index contributed by atoms with van der Waals surface area (Å²) in [5, 5.41) is 6.65. The lowest BCUT2D eigenvalue weighted by Gasteiger charge is -2.25. The fraction of sp³-hybridized carbons (Fsp3) is 0.381. The zero-order valence-corrected chi connectivity index (χ0v) is 17.9. The fourth-order valence-corrected chi connectivity index (χ4v) is 3.83. The summed E-state index contributed by atoms with van der Waals surface area (Å²) in [5.74, 6) is 0.350. The molecule has 7 heteroatoms. The SMILES string of the molecule is CNc1cc(OC)c(C(=O)NC2CCN(Cc3ccccc3)C2C)cc1Cl.Cl. The van der Waals surface area contributed by atoms with Crippen LogP contribution in [0.25, 0.3) is 0 Å². The summed E-state index contributed by atoms with van der Waals surface area (Å²) < 4.78 is 5.39. The first-order valence-corrected chi connectivity index (χ1v) is 9.55. The van der Waals surface area contributed by atoms with E-state index in [1.165, 1.54) is 5.56 Å². The Morgan fingerprint density at radius 3 is 2.64 bits per heavy atom. The van der Waals surface area contributed by atoms with Gasteiger partial charge in [0.25, 0.3) is 5.91 Å². The maximum absolute atomic E-state index is 12.9. The van der Waals surface area contributed by atoms with Crippen LogP contribution in [-0.4, -0.2) is 43.6 Å². The van der Waals surface area contributed by atoms with Crippen LogP contribution >= 0.6 is 24.0 Å². The monoisotopic (exact) mass is 423 g/mol. The molecule has 0 aromatic heterocycles. The van der Waals surface area contributed by atoms with Crippen molar-refractivity contribution in [3.8, 4) is 5.75 Å². The van der Waals surface area contributed by atoms with E-state index in [9.17, 15) is 4.79 Å². The average Bonchev–Trinajstić information content (AvgIpc) is 3.02. The first-order valence-electron chi connectivity index (χ1n) is 9.17. The Balaban J connectivity index is 0.00000280. The van der Waals surface area contributed by atoms with E-state index < -0.39 is 0 Å². The van der Waals surface area contributed by atoms with Gasteiger partial charge in [0.1, 0.15) is 5.75 Å². The zero-order valence-electron chi connectivity index (χ0n) is 16.4. The third-order valence-electron chi connectivity index (χ3n) is 5.23. The molecule has 28 heavy (non-hydrogen) atoms. The number of nitrogens with zero attached hydrogens (tertiary/aromatic N) is 1. The van der Waals surface area contributed by atoms with Crippen molar-refractivity contribution in [3.63, 3.8) is 0 Å². The van der Waals surface area contributed by atoms with Crippen molar-refractivity contribution >= 4 is 35.6 Å². The minimum Gasteiger partial charge on any atom is -0.496 e. The smallest absolute Gasteiger partial charge is 0.255 e. The Morgan fingerprint density at radius 1 is 1.29 bits per heavy atom. The van der Waals surface area contributed by atoms with Crippen molar-refractivity contribution in [1.29, 1.82) is 0 Å². The molecule has 1 heterocycles. The van der Waals surface area contributed by atoms with Crippen LogP contribution in [0.4, 0.5) is 5.69 Å². The van der Waals surface area contributed by atoms with E-state index in [2.05, 4.69) is 46.7 Å². The molecule has 0 radical (unpaired) electrons. The maximum atomic E-state index is 12.9. The second kappa shape index (κ2) is 10.0. The highest BCUT2D eigenvalue weighted by molar-refractivity contribution is 6.33. The molecule has 2 aromatic carbocycles. The van der Waals surface area contributed by atoms with Gasteiger partial charge in [-0.25, -0.2) is 0 Å². The predicted octanol–water partition coefficient (Wildman–Crippen LogP) is 4.20. The molecule has 0 aliphatic carbocycles. The summed E-state index contributed by atoms with van der Waals surface area (Å²) >= 11 is 6.26. The summed E-state index contributed by atoms with van der Waals surface area (Å²) in [7, 11) is 3.33. The summed E-state index contributed by atoms with van der Waals surface area (Å²) in [5.41, 5.74) is 2.47. The molecular formula is C21H27Cl2N3O2. The van der Waals surface area contributed by atoms with Crippen LogP contribution in [0.5, 0.6) is 5.75 Å². The second-order valence-corrected chi connectivity index (χ2v) is 7.25. The Labute approximate surface area is 177 Å². The molecule has 2 N–H and O–H groups in total. The van der Waals surface area contributed by atoms with Gasteiger partial charge in [-0.1, -0.05) is 41.9 Å². The normalized spacial score (nSPS) is 19.0. The van der Waals surface area contributed by atoms with Crippen LogP contribution in [0, 0.1) is 0 Å². The molecule has 1 aliphatic rings. The average molecular weight is 424 g/mol. The summed E-state index contributed by atoms with van der Waals surface area (Å²) in [6, 6.07) is 14.2. The number of halogens is 2. The van der Waals surface area contributed by atoms with Gasteiger partial charge in [-0.2, -0.15) is 0 Å². The first kappa shape index (κ1) is 22.3. The molecule has 0 saturated carbocycles. The summed E-state index contributed by atoms with van der Waals surface area (Å²) in [6.45, 7) is 4.01. The molecule has 1 saturated heterocycles. The van der Waals surface area contributed by atoms with Gasteiger partial charge < -0.3 is 15.4 Å². The lowest BCUT2D eigenvalue weighted by atomic mass is 10.1. The number of anilines is 1. The molecule has 2 aromatic rings. The van der Waals surface area contributed by atoms with E-state index >= 15 is 0 Å². The molecule has 152 valence electrons. The molecule has 1 aliphatic heterocycles. The fourth-order valence-electron chi connectivity index (χ4n) is 3.58. The number of hydrogen-bond acceptors (Lipinski definition) is 4. The molecule has 0 spiro atoms. The highest BCUT2D eigenvalue weighted by Crippen LogP contribution is 2.31. The van der Waals surface area contributed by atoms with Crippen molar-refractivity contribution < 1.29 is 9.53 Å². The second-order valence-electron chi connectivity index (χ2n) is 6.85. The lowest BCUT2D eigenvalue weighted by molar-refractivity contribution is 0.0924. The number of carbonyl (C=O) groups excluding carboxylic acids is 1. The Kier molecular flexibility index (Phi) is 7.98. The van der Waals surface area contributed by atoms with Crippen molar-refractivity contribution in [2.75, 3.05) is 26.0 Å². The third kappa shape index (κ3) is 4.90. The van der Waals surface area contributed by atoms with Gasteiger partial charge in [0.05, 0.1) is 23.4 Å². The zero-order chi connectivity index (χ0) is 19.4. The van der Waals surface area contributed by atoms with Crippen molar-refractivity contribution in [3.05, 3.63) is 58.6 Å². The van der Waals surface area contributed by atoms with Crippen LogP contribution in [-0.2, 0) is 6.54 Å². The standard InChI is InChI=1S/C21H26ClN3O2.ClH/c1-14-18(9-10-25(14)13-15-7-5-4-6-8-15)24-21(26)16-11-17(22)19(23-2)12-20(16)27-3;/h4-8,11-12,14,18,23H,9-10,13H2,1-3H3,(H,24,26);1H. The van der Waals surface area contributed by atoms with Gasteiger partial charge in [0, 0.05) is 38.3 Å². The highest BCUT2D eigenvalue weighted by atomic mass is 35.5. The van der Waals surface area contributed by atoms with Crippen LogP contribution < -0.4 is 15.4 Å². The minimum absolute atomic E-state index is 0. The van der Waals surface area contributed by atoms with Gasteiger partial charge in [-0.3, -0.25) is 9.69 Å². The van der Waals surface area contributed by atoms with Gasteiger partial charge in [-0.15, -0.1) is 12.4 Å². The molecule has 1 fully saturated rings. The van der Waals surface area contributed by atoms with Gasteiger partial charge >= 0.3 is 0 Å². The van der Waals surface area contributed by atoms with Crippen LogP contribution in [0.3, 0.4) is 0 Å². The van der Waals surface area contributed by atoms with Gasteiger partial charge in [-0.05, 0) is 25.0 Å². The number of benzene rings is 2. The molecule has 5 nitrogen and oxygen atoms in total. The number of likely N-dealkylation sites (tertiary alicyclic amines) is 1. The van der Waals surface area contributed by atoms with Crippen molar-refractivity contribution in [1.82, 2.24) is 10.2 Å². The maximum Gasteiger partial charge on any atom is 0.255 e. The van der Waals surface area contributed by atoms with Crippen LogP contribution in [0.15, 0.2) is 42.5 Å². The molecule has 2 unspecified atom stereocenters. The number of rotatable bonds is 6. The number of ether oxygens (including phenoxy) is 1. The number of hydrogen-bond donors (Lipinski definition) is 2. The van der Waals surface area contributed by atoms with E-state index in [1.807, 2.05) is 6.07 Å². The number of methoxy groups -OCH3 is 1. The highest BCUT2D eigenvalue weighted by Gasteiger charge is 2.32. The Bertz CT molecular complexity index is 802. The van der Waals surface area contributed by atoms with E-state index in [-0.39, 0.29) is 30.4 Å². The van der Waals surface area contributed by atoms with Gasteiger partial charge in [0.2, 0.25) is 0 Å². The lowest BCUT2D eigenvalue weighted by Crippen LogP contribution is -2.43. The van der Waals surface area contributed by atoms with E-state index in [4.69, 9.17) is 16.3 Å². The largest absolute Gasteiger partial charge is 0.496 e. The van der Waals surface area contributed by atoms with Crippen molar-refractivity contribution in [2.24, 2.45) is 0 Å². The topological polar surface area (TPSA) is 53.6 Å². The first-order chi connectivity index (χ1) is 13.0. The Hall–Kier alpha value is -1.95. The minimum atomic E-state index is -0.158. The van der Waals surface area contributed by atoms with Gasteiger partial charge in [0.15, 0.2) is 0 Å². The summed E-state index contributed by atoms with van der Waals surface area (Å²) in [4.78, 5) is 15.3. The molecule has 0 bridgehead atoms. The molecule has 1 amide bonds. The van der Waals surface area contributed by atoms with E-state index in [1.54, 1.807) is 26.3 Å².